The molecule has 0 aliphatic heterocycles. The zero-order valence-electron chi connectivity index (χ0n) is 13.5. The first-order valence-corrected chi connectivity index (χ1v) is 8.88. The van der Waals surface area contributed by atoms with E-state index < -0.39 is 0 Å². The summed E-state index contributed by atoms with van der Waals surface area (Å²) in [5, 5.41) is 3.06. The molecule has 0 aliphatic carbocycles. The van der Waals surface area contributed by atoms with Gasteiger partial charge in [0.05, 0.1) is 5.39 Å². The van der Waals surface area contributed by atoms with Crippen LogP contribution in [0.4, 0.5) is 0 Å². The van der Waals surface area contributed by atoms with Crippen LogP contribution in [0.1, 0.15) is 0 Å². The van der Waals surface area contributed by atoms with Crippen LogP contribution in [0.5, 0.6) is 11.6 Å². The lowest BCUT2D eigenvalue weighted by molar-refractivity contribution is 0.213. The second-order valence-corrected chi connectivity index (χ2v) is 6.24. The Morgan fingerprint density at radius 3 is 2.32 bits per heavy atom. The first-order valence-electron chi connectivity index (χ1n) is 8.00. The van der Waals surface area contributed by atoms with Crippen molar-refractivity contribution in [3.63, 3.8) is 0 Å². The van der Waals surface area contributed by atoms with Crippen LogP contribution >= 0.6 is 11.3 Å². The van der Waals surface area contributed by atoms with Gasteiger partial charge in [0, 0.05) is 10.9 Å². The van der Waals surface area contributed by atoms with Crippen molar-refractivity contribution in [3.8, 4) is 22.8 Å². The molecule has 4 aromatic rings. The predicted molar refractivity (Wildman–Crippen MR) is 100 cm³/mol. The summed E-state index contributed by atoms with van der Waals surface area (Å²) in [7, 11) is 0. The molecule has 0 radical (unpaired) electrons. The molecule has 2 aromatic carbocycles. The summed E-state index contributed by atoms with van der Waals surface area (Å²) in [6, 6.07) is 19.9. The van der Waals surface area contributed by atoms with Crippen molar-refractivity contribution < 1.29 is 9.47 Å². The minimum absolute atomic E-state index is 0.422. The van der Waals surface area contributed by atoms with Crippen LogP contribution in [0.2, 0.25) is 0 Å². The van der Waals surface area contributed by atoms with Crippen molar-refractivity contribution >= 4 is 21.6 Å². The quantitative estimate of drug-likeness (QED) is 0.469. The van der Waals surface area contributed by atoms with Gasteiger partial charge in [0.15, 0.2) is 0 Å². The smallest absolute Gasteiger partial charge is 0.226 e. The fourth-order valence-corrected chi connectivity index (χ4v) is 3.51. The Bertz CT molecular complexity index is 955. The zero-order chi connectivity index (χ0) is 16.9. The van der Waals surface area contributed by atoms with E-state index in [1.165, 1.54) is 0 Å². The molecule has 0 saturated heterocycles. The topological polar surface area (TPSA) is 44.2 Å². The fraction of sp³-hybridized carbons (Fsp3) is 0.100. The number of rotatable bonds is 6. The largest absolute Gasteiger partial charge is 0.490 e. The summed E-state index contributed by atoms with van der Waals surface area (Å²) in [6.45, 7) is 0.880. The lowest BCUT2D eigenvalue weighted by atomic mass is 10.1. The molecule has 0 unspecified atom stereocenters. The summed E-state index contributed by atoms with van der Waals surface area (Å²) < 4.78 is 11.6. The van der Waals surface area contributed by atoms with Crippen molar-refractivity contribution in [2.75, 3.05) is 13.2 Å². The molecule has 0 saturated carbocycles. The highest BCUT2D eigenvalue weighted by atomic mass is 32.1. The first kappa shape index (κ1) is 15.6. The number of hydrogen-bond donors (Lipinski definition) is 0. The summed E-state index contributed by atoms with van der Waals surface area (Å²) in [5.74, 6) is 1.43. The minimum Gasteiger partial charge on any atom is -0.490 e. The van der Waals surface area contributed by atoms with Gasteiger partial charge in [-0.1, -0.05) is 48.5 Å². The first-order chi connectivity index (χ1) is 12.4. The molecule has 0 bridgehead atoms. The Labute approximate surface area is 149 Å². The maximum Gasteiger partial charge on any atom is 0.226 e. The molecule has 0 spiro atoms. The van der Waals surface area contributed by atoms with Crippen LogP contribution in [-0.4, -0.2) is 23.2 Å². The molecular weight excluding hydrogens is 332 g/mol. The molecule has 2 aromatic heterocycles. The third-order valence-electron chi connectivity index (χ3n) is 3.75. The van der Waals surface area contributed by atoms with E-state index in [1.807, 2.05) is 48.5 Å². The van der Waals surface area contributed by atoms with Crippen LogP contribution in [0.3, 0.4) is 0 Å². The van der Waals surface area contributed by atoms with Crippen molar-refractivity contribution in [1.82, 2.24) is 9.97 Å². The van der Waals surface area contributed by atoms with Crippen LogP contribution < -0.4 is 9.47 Å². The van der Waals surface area contributed by atoms with Crippen molar-refractivity contribution in [2.24, 2.45) is 0 Å². The summed E-state index contributed by atoms with van der Waals surface area (Å²) in [6.07, 6.45) is 1.54. The van der Waals surface area contributed by atoms with Crippen LogP contribution in [0.15, 0.2) is 72.4 Å². The predicted octanol–water partition coefficient (Wildman–Crippen LogP) is 4.82. The molecule has 25 heavy (non-hydrogen) atoms. The molecule has 4 rings (SSSR count). The number of ether oxygens (including phenoxy) is 2. The average molecular weight is 348 g/mol. The third kappa shape index (κ3) is 3.46. The van der Waals surface area contributed by atoms with E-state index in [4.69, 9.17) is 9.47 Å². The number of benzene rings is 2. The van der Waals surface area contributed by atoms with Gasteiger partial charge in [-0.25, -0.2) is 9.97 Å². The lowest BCUT2D eigenvalue weighted by Crippen LogP contribution is -2.10. The molecule has 124 valence electrons. The van der Waals surface area contributed by atoms with Crippen LogP contribution in [0, 0.1) is 0 Å². The minimum atomic E-state index is 0.422. The van der Waals surface area contributed by atoms with Crippen molar-refractivity contribution in [2.45, 2.75) is 0 Å². The van der Waals surface area contributed by atoms with E-state index >= 15 is 0 Å². The van der Waals surface area contributed by atoms with Gasteiger partial charge in [-0.2, -0.15) is 0 Å². The van der Waals surface area contributed by atoms with Gasteiger partial charge < -0.3 is 9.47 Å². The number of para-hydroxylation sites is 1. The molecule has 0 atom stereocenters. The van der Waals surface area contributed by atoms with Crippen molar-refractivity contribution in [1.29, 1.82) is 0 Å². The van der Waals surface area contributed by atoms with Crippen LogP contribution in [0.25, 0.3) is 21.3 Å². The maximum atomic E-state index is 5.89. The van der Waals surface area contributed by atoms with Crippen molar-refractivity contribution in [3.05, 3.63) is 72.4 Å². The Hall–Kier alpha value is -2.92. The fourth-order valence-electron chi connectivity index (χ4n) is 2.60. The van der Waals surface area contributed by atoms with E-state index in [1.54, 1.807) is 17.7 Å². The zero-order valence-corrected chi connectivity index (χ0v) is 14.3. The molecule has 0 N–H and O–H groups in total. The third-order valence-corrected chi connectivity index (χ3v) is 4.64. The lowest BCUT2D eigenvalue weighted by Gasteiger charge is -2.09. The van der Waals surface area contributed by atoms with Gasteiger partial charge in [-0.3, -0.25) is 0 Å². The summed E-state index contributed by atoms with van der Waals surface area (Å²) in [5.41, 5.74) is 2.23. The second kappa shape index (κ2) is 7.32. The molecule has 4 nitrogen and oxygen atoms in total. The highest BCUT2D eigenvalue weighted by molar-refractivity contribution is 7.17. The second-order valence-electron chi connectivity index (χ2n) is 5.38. The van der Waals surface area contributed by atoms with E-state index in [9.17, 15) is 0 Å². The Balaban J connectivity index is 1.52. The number of fused-ring (bicyclic) bond motifs is 1. The van der Waals surface area contributed by atoms with Gasteiger partial charge in [0.25, 0.3) is 0 Å². The number of nitrogens with zero attached hydrogens (tertiary/aromatic N) is 2. The van der Waals surface area contributed by atoms with E-state index in [0.29, 0.717) is 19.1 Å². The molecule has 0 amide bonds. The van der Waals surface area contributed by atoms with Gasteiger partial charge >= 0.3 is 0 Å². The normalized spacial score (nSPS) is 10.7. The Morgan fingerprint density at radius 2 is 1.52 bits per heavy atom. The van der Waals surface area contributed by atoms with E-state index in [-0.39, 0.29) is 0 Å². The molecule has 5 heteroatoms. The number of thiophene rings is 1. The Kier molecular flexibility index (Phi) is 4.57. The van der Waals surface area contributed by atoms with E-state index in [0.717, 1.165) is 27.1 Å². The van der Waals surface area contributed by atoms with Gasteiger partial charge in [0.1, 0.15) is 30.1 Å². The molecular formula is C20H16N2O2S. The maximum absolute atomic E-state index is 5.89. The average Bonchev–Trinajstić information content (AvgIpc) is 3.12. The SMILES string of the molecule is c1ccc(OCCOc2ncnc3scc(-c4ccccc4)c23)cc1. The number of hydrogen-bond acceptors (Lipinski definition) is 5. The van der Waals surface area contributed by atoms with Gasteiger partial charge in [-0.15, -0.1) is 11.3 Å². The number of aromatic nitrogens is 2. The van der Waals surface area contributed by atoms with Gasteiger partial charge in [0.2, 0.25) is 5.88 Å². The molecule has 2 heterocycles. The highest BCUT2D eigenvalue weighted by Crippen LogP contribution is 2.37. The molecule has 0 fully saturated rings. The van der Waals surface area contributed by atoms with Crippen LogP contribution in [-0.2, 0) is 0 Å². The molecule has 0 aliphatic rings. The highest BCUT2D eigenvalue weighted by Gasteiger charge is 2.13. The summed E-state index contributed by atoms with van der Waals surface area (Å²) in [4.78, 5) is 9.61. The Morgan fingerprint density at radius 1 is 0.800 bits per heavy atom. The van der Waals surface area contributed by atoms with E-state index in [2.05, 4.69) is 27.5 Å². The monoisotopic (exact) mass is 348 g/mol. The van der Waals surface area contributed by atoms with Gasteiger partial charge in [-0.05, 0) is 17.7 Å². The summed E-state index contributed by atoms with van der Waals surface area (Å²) >= 11 is 1.60. The standard InChI is InChI=1S/C20H16N2O2S/c1-3-7-15(8-4-1)17-13-25-20-18(17)19(21-14-22-20)24-12-11-23-16-9-5-2-6-10-16/h1-10,13-14H,11-12H2.